The predicted octanol–water partition coefficient (Wildman–Crippen LogP) is 2.89. The Kier molecular flexibility index (Phi) is 5.08. The Balaban J connectivity index is 2.52. The third-order valence-electron chi connectivity index (χ3n) is 2.47. The Hall–Kier alpha value is -1.16. The quantitative estimate of drug-likeness (QED) is 0.823. The number of hydrogen-bond donors (Lipinski definition) is 1. The van der Waals surface area contributed by atoms with E-state index in [9.17, 15) is 13.6 Å². The molecule has 0 saturated heterocycles. The Morgan fingerprint density at radius 3 is 2.56 bits per heavy atom. The van der Waals surface area contributed by atoms with Crippen molar-refractivity contribution in [3.63, 3.8) is 0 Å². The first-order chi connectivity index (χ1) is 8.34. The fraction of sp³-hybridized carbons (Fsp3) is 0.462. The summed E-state index contributed by atoms with van der Waals surface area (Å²) in [6, 6.07) is 3.44. The molecule has 1 aromatic rings. The van der Waals surface area contributed by atoms with Gasteiger partial charge in [-0.05, 0) is 23.1 Å². The highest BCUT2D eigenvalue weighted by Crippen LogP contribution is 2.15. The lowest BCUT2D eigenvalue weighted by molar-refractivity contribution is -0.120. The van der Waals surface area contributed by atoms with Crippen LogP contribution in [0.5, 0.6) is 0 Å². The Morgan fingerprint density at radius 2 is 2.00 bits per heavy atom. The van der Waals surface area contributed by atoms with Gasteiger partial charge in [-0.15, -0.1) is 11.6 Å². The average molecular weight is 276 g/mol. The standard InChI is InChI=1S/C13H16ClF2NO/c1-13(2,7-14)8-17-12(18)6-9-3-4-10(15)11(16)5-9/h3-5H,6-8H2,1-2H3,(H,17,18). The average Bonchev–Trinajstić information content (AvgIpc) is 2.32. The molecular formula is C13H16ClF2NO. The molecule has 1 rings (SSSR count). The summed E-state index contributed by atoms with van der Waals surface area (Å²) in [7, 11) is 0. The first-order valence-corrected chi connectivity index (χ1v) is 6.14. The topological polar surface area (TPSA) is 29.1 Å². The molecule has 0 fully saturated rings. The van der Waals surface area contributed by atoms with E-state index in [4.69, 9.17) is 11.6 Å². The summed E-state index contributed by atoms with van der Waals surface area (Å²) in [5, 5.41) is 2.72. The maximum atomic E-state index is 12.9. The second kappa shape index (κ2) is 6.14. The van der Waals surface area contributed by atoms with Crippen molar-refractivity contribution in [3.05, 3.63) is 35.4 Å². The Bertz CT molecular complexity index is 435. The first-order valence-electron chi connectivity index (χ1n) is 5.61. The van der Waals surface area contributed by atoms with Crippen molar-refractivity contribution in [3.8, 4) is 0 Å². The lowest BCUT2D eigenvalue weighted by Crippen LogP contribution is -2.35. The summed E-state index contributed by atoms with van der Waals surface area (Å²) in [6.07, 6.45) is 0.0234. The normalized spacial score (nSPS) is 11.4. The first kappa shape index (κ1) is 14.9. The molecule has 0 spiro atoms. The van der Waals surface area contributed by atoms with Gasteiger partial charge in [0, 0.05) is 12.4 Å². The van der Waals surface area contributed by atoms with Crippen LogP contribution in [0, 0.1) is 17.0 Å². The lowest BCUT2D eigenvalue weighted by atomic mass is 9.96. The van der Waals surface area contributed by atoms with E-state index in [2.05, 4.69) is 5.32 Å². The largest absolute Gasteiger partial charge is 0.355 e. The van der Waals surface area contributed by atoms with Crippen LogP contribution in [-0.2, 0) is 11.2 Å². The zero-order valence-electron chi connectivity index (χ0n) is 10.4. The molecule has 1 amide bonds. The van der Waals surface area contributed by atoms with Crippen molar-refractivity contribution in [2.75, 3.05) is 12.4 Å². The van der Waals surface area contributed by atoms with Crippen LogP contribution < -0.4 is 5.32 Å². The molecule has 2 nitrogen and oxygen atoms in total. The molecule has 0 radical (unpaired) electrons. The third-order valence-corrected chi connectivity index (χ3v) is 3.20. The number of halogens is 3. The van der Waals surface area contributed by atoms with Crippen molar-refractivity contribution in [1.29, 1.82) is 0 Å². The Labute approximate surface area is 110 Å². The van der Waals surface area contributed by atoms with Gasteiger partial charge in [-0.3, -0.25) is 4.79 Å². The minimum atomic E-state index is -0.943. The summed E-state index contributed by atoms with van der Waals surface area (Å²) in [4.78, 5) is 11.6. The second-order valence-corrected chi connectivity index (χ2v) is 5.27. The van der Waals surface area contributed by atoms with E-state index < -0.39 is 11.6 Å². The molecule has 100 valence electrons. The predicted molar refractivity (Wildman–Crippen MR) is 67.6 cm³/mol. The lowest BCUT2D eigenvalue weighted by Gasteiger charge is -2.21. The van der Waals surface area contributed by atoms with Crippen LogP contribution in [0.2, 0.25) is 0 Å². The molecule has 0 atom stereocenters. The molecule has 0 aromatic heterocycles. The van der Waals surface area contributed by atoms with Gasteiger partial charge in [-0.25, -0.2) is 8.78 Å². The third kappa shape index (κ3) is 4.61. The number of nitrogens with one attached hydrogen (secondary N) is 1. The summed E-state index contributed by atoms with van der Waals surface area (Å²) in [5.74, 6) is -1.67. The highest BCUT2D eigenvalue weighted by molar-refractivity contribution is 6.18. The maximum Gasteiger partial charge on any atom is 0.224 e. The van der Waals surface area contributed by atoms with E-state index in [0.717, 1.165) is 12.1 Å². The van der Waals surface area contributed by atoms with Crippen molar-refractivity contribution in [2.24, 2.45) is 5.41 Å². The van der Waals surface area contributed by atoms with Gasteiger partial charge in [0.25, 0.3) is 0 Å². The van der Waals surface area contributed by atoms with Crippen LogP contribution in [0.15, 0.2) is 18.2 Å². The molecule has 5 heteroatoms. The van der Waals surface area contributed by atoms with E-state index in [1.165, 1.54) is 6.07 Å². The van der Waals surface area contributed by atoms with Crippen molar-refractivity contribution in [1.82, 2.24) is 5.32 Å². The molecule has 1 N–H and O–H groups in total. The van der Waals surface area contributed by atoms with Crippen LogP contribution in [0.4, 0.5) is 8.78 Å². The van der Waals surface area contributed by atoms with Gasteiger partial charge < -0.3 is 5.32 Å². The number of rotatable bonds is 5. The molecular weight excluding hydrogens is 260 g/mol. The summed E-state index contributed by atoms with van der Waals surface area (Å²) < 4.78 is 25.6. The molecule has 0 aliphatic heterocycles. The highest BCUT2D eigenvalue weighted by atomic mass is 35.5. The minimum Gasteiger partial charge on any atom is -0.355 e. The van der Waals surface area contributed by atoms with E-state index >= 15 is 0 Å². The summed E-state index contributed by atoms with van der Waals surface area (Å²) in [5.41, 5.74) is 0.251. The molecule has 0 heterocycles. The molecule has 18 heavy (non-hydrogen) atoms. The molecule has 0 aliphatic rings. The van der Waals surface area contributed by atoms with Crippen LogP contribution >= 0.6 is 11.6 Å². The van der Waals surface area contributed by atoms with E-state index in [1.54, 1.807) is 0 Å². The van der Waals surface area contributed by atoms with Gasteiger partial charge in [-0.1, -0.05) is 19.9 Å². The van der Waals surface area contributed by atoms with Crippen molar-refractivity contribution >= 4 is 17.5 Å². The van der Waals surface area contributed by atoms with E-state index in [0.29, 0.717) is 18.0 Å². The van der Waals surface area contributed by atoms with Crippen LogP contribution in [-0.4, -0.2) is 18.3 Å². The van der Waals surface area contributed by atoms with Crippen LogP contribution in [0.1, 0.15) is 19.4 Å². The van der Waals surface area contributed by atoms with Gasteiger partial charge in [0.1, 0.15) is 0 Å². The number of amides is 1. The SMILES string of the molecule is CC(C)(CCl)CNC(=O)Cc1ccc(F)c(F)c1. The number of hydrogen-bond acceptors (Lipinski definition) is 1. The molecule has 0 bridgehead atoms. The van der Waals surface area contributed by atoms with Gasteiger partial charge in [0.05, 0.1) is 6.42 Å². The van der Waals surface area contributed by atoms with E-state index in [-0.39, 0.29) is 17.7 Å². The second-order valence-electron chi connectivity index (χ2n) is 5.00. The van der Waals surface area contributed by atoms with Gasteiger partial charge in [0.2, 0.25) is 5.91 Å². The minimum absolute atomic E-state index is 0.0234. The number of carbonyl (C=O) groups excluding carboxylic acids is 1. The van der Waals surface area contributed by atoms with Crippen molar-refractivity contribution < 1.29 is 13.6 Å². The van der Waals surface area contributed by atoms with Crippen LogP contribution in [0.25, 0.3) is 0 Å². The van der Waals surface area contributed by atoms with Gasteiger partial charge in [-0.2, -0.15) is 0 Å². The number of alkyl halides is 1. The zero-order valence-corrected chi connectivity index (χ0v) is 11.2. The summed E-state index contributed by atoms with van der Waals surface area (Å²) >= 11 is 5.73. The smallest absolute Gasteiger partial charge is 0.224 e. The van der Waals surface area contributed by atoms with Crippen LogP contribution in [0.3, 0.4) is 0 Å². The van der Waals surface area contributed by atoms with Crippen molar-refractivity contribution in [2.45, 2.75) is 20.3 Å². The number of carbonyl (C=O) groups is 1. The highest BCUT2D eigenvalue weighted by Gasteiger charge is 2.17. The maximum absolute atomic E-state index is 12.9. The van der Waals surface area contributed by atoms with Gasteiger partial charge in [0.15, 0.2) is 11.6 Å². The number of benzene rings is 1. The van der Waals surface area contributed by atoms with E-state index in [1.807, 2.05) is 13.8 Å². The molecule has 0 saturated carbocycles. The van der Waals surface area contributed by atoms with Gasteiger partial charge >= 0.3 is 0 Å². The Morgan fingerprint density at radius 1 is 1.33 bits per heavy atom. The molecule has 1 aromatic carbocycles. The summed E-state index contributed by atoms with van der Waals surface area (Å²) in [6.45, 7) is 4.30. The molecule has 0 unspecified atom stereocenters. The fourth-order valence-electron chi connectivity index (χ4n) is 1.28. The zero-order chi connectivity index (χ0) is 13.8. The molecule has 0 aliphatic carbocycles. The monoisotopic (exact) mass is 275 g/mol. The fourth-order valence-corrected chi connectivity index (χ4v) is 1.38.